The van der Waals surface area contributed by atoms with Crippen molar-refractivity contribution in [2.75, 3.05) is 0 Å². The first kappa shape index (κ1) is 35.4. The minimum Gasteiger partial charge on any atom is -0.309 e. The minimum atomic E-state index is -0.886. The molecule has 0 amide bonds. The molecule has 1 aliphatic carbocycles. The first-order valence-corrected chi connectivity index (χ1v) is 21.5. The van der Waals surface area contributed by atoms with Gasteiger partial charge in [-0.25, -0.2) is 15.0 Å². The Kier molecular flexibility index (Phi) is 7.75. The predicted molar refractivity (Wildman–Crippen MR) is 257 cm³/mol. The first-order valence-electron chi connectivity index (χ1n) is 21.5. The van der Waals surface area contributed by atoms with E-state index in [0.717, 1.165) is 61.3 Å². The van der Waals surface area contributed by atoms with Crippen LogP contribution in [0.25, 0.3) is 88.9 Å². The minimum absolute atomic E-state index is 0.615. The van der Waals surface area contributed by atoms with Crippen molar-refractivity contribution in [1.29, 1.82) is 0 Å². The Hall–Kier alpha value is -8.41. The molecule has 5 nitrogen and oxygen atoms in total. The quantitative estimate of drug-likeness (QED) is 0.168. The van der Waals surface area contributed by atoms with Crippen LogP contribution in [-0.4, -0.2) is 24.1 Å². The average molecular weight is 804 g/mol. The third-order valence-electron chi connectivity index (χ3n) is 13.0. The third kappa shape index (κ3) is 5.20. The summed E-state index contributed by atoms with van der Waals surface area (Å²) in [6, 6.07) is 80.1. The number of benzene rings is 9. The van der Waals surface area contributed by atoms with Crippen LogP contribution in [-0.2, 0) is 5.41 Å². The van der Waals surface area contributed by atoms with Gasteiger partial charge >= 0.3 is 0 Å². The molecule has 0 atom stereocenters. The maximum atomic E-state index is 5.66. The van der Waals surface area contributed by atoms with Crippen molar-refractivity contribution in [3.8, 4) is 45.3 Å². The Labute approximate surface area is 363 Å². The molecule has 12 aromatic rings. The fourth-order valence-corrected chi connectivity index (χ4v) is 10.4. The van der Waals surface area contributed by atoms with Crippen molar-refractivity contribution in [1.82, 2.24) is 24.1 Å². The van der Waals surface area contributed by atoms with E-state index in [1.54, 1.807) is 0 Å². The summed E-state index contributed by atoms with van der Waals surface area (Å²) >= 11 is 0. The van der Waals surface area contributed by atoms with Gasteiger partial charge in [0, 0.05) is 44.0 Å². The molecule has 0 saturated carbocycles. The van der Waals surface area contributed by atoms with Crippen molar-refractivity contribution < 1.29 is 0 Å². The largest absolute Gasteiger partial charge is 0.309 e. The number of hydrogen-bond acceptors (Lipinski definition) is 3. The highest BCUT2D eigenvalue weighted by Gasteiger charge is 2.49. The van der Waals surface area contributed by atoms with Crippen LogP contribution in [0.5, 0.6) is 0 Å². The molecule has 0 N–H and O–H groups in total. The second kappa shape index (κ2) is 13.8. The number of rotatable bonds is 6. The Morgan fingerprint density at radius 2 is 0.778 bits per heavy atom. The number of fused-ring (bicyclic) bond motifs is 9. The van der Waals surface area contributed by atoms with E-state index in [1.165, 1.54) is 32.7 Å². The highest BCUT2D eigenvalue weighted by molar-refractivity contribution is 6.10. The van der Waals surface area contributed by atoms with Crippen LogP contribution in [0.4, 0.5) is 0 Å². The molecule has 9 aromatic carbocycles. The van der Waals surface area contributed by atoms with E-state index >= 15 is 0 Å². The second-order valence-corrected chi connectivity index (χ2v) is 16.4. The van der Waals surface area contributed by atoms with E-state index in [0.29, 0.717) is 17.5 Å². The molecular formula is C58H37N5. The highest BCUT2D eigenvalue weighted by Crippen LogP contribution is 2.56. The summed E-state index contributed by atoms with van der Waals surface area (Å²) < 4.78 is 4.72. The summed E-state index contributed by atoms with van der Waals surface area (Å²) in [4.78, 5) is 16.6. The predicted octanol–water partition coefficient (Wildman–Crippen LogP) is 13.8. The number of nitrogens with zero attached hydrogens (tertiary/aromatic N) is 5. The van der Waals surface area contributed by atoms with Crippen molar-refractivity contribution >= 4 is 43.6 Å². The maximum Gasteiger partial charge on any atom is 0.163 e. The van der Waals surface area contributed by atoms with Crippen LogP contribution in [0.3, 0.4) is 0 Å². The van der Waals surface area contributed by atoms with Gasteiger partial charge in [0.25, 0.3) is 0 Å². The molecule has 0 spiro atoms. The van der Waals surface area contributed by atoms with Crippen LogP contribution < -0.4 is 0 Å². The van der Waals surface area contributed by atoms with Crippen molar-refractivity contribution in [3.05, 3.63) is 247 Å². The van der Waals surface area contributed by atoms with Gasteiger partial charge in [-0.1, -0.05) is 170 Å². The molecule has 0 bridgehead atoms. The summed E-state index contributed by atoms with van der Waals surface area (Å²) in [6.45, 7) is 0. The van der Waals surface area contributed by atoms with Crippen LogP contribution in [0.15, 0.2) is 224 Å². The SMILES string of the molecule is c1ccc(-c2nc(-c3cccc(-n4c5ccccc5c5ccccc54)c3)nc(C3(c4ccc5c(c4)c4ccccc4n5-c4ccccc4)c4ccccc4-c4ccccc43)n2)cc1. The normalized spacial score (nSPS) is 12.9. The van der Waals surface area contributed by atoms with Gasteiger partial charge < -0.3 is 9.13 Å². The van der Waals surface area contributed by atoms with E-state index < -0.39 is 5.41 Å². The van der Waals surface area contributed by atoms with Gasteiger partial charge in [0.1, 0.15) is 5.41 Å². The lowest BCUT2D eigenvalue weighted by Gasteiger charge is -2.32. The summed E-state index contributed by atoms with van der Waals surface area (Å²) in [5, 5.41) is 4.80. The Morgan fingerprint density at radius 1 is 0.317 bits per heavy atom. The molecule has 0 fully saturated rings. The van der Waals surface area contributed by atoms with E-state index in [2.05, 4.69) is 215 Å². The molecule has 0 saturated heterocycles. The number of para-hydroxylation sites is 4. The van der Waals surface area contributed by atoms with Gasteiger partial charge in [-0.3, -0.25) is 0 Å². The topological polar surface area (TPSA) is 48.5 Å². The summed E-state index contributed by atoms with van der Waals surface area (Å²) in [7, 11) is 0. The lowest BCUT2D eigenvalue weighted by Crippen LogP contribution is -2.31. The smallest absolute Gasteiger partial charge is 0.163 e. The van der Waals surface area contributed by atoms with Gasteiger partial charge in [0.2, 0.25) is 0 Å². The maximum absolute atomic E-state index is 5.66. The lowest BCUT2D eigenvalue weighted by molar-refractivity contribution is 0.693. The van der Waals surface area contributed by atoms with Gasteiger partial charge in [-0.2, -0.15) is 0 Å². The van der Waals surface area contributed by atoms with Crippen LogP contribution >= 0.6 is 0 Å². The zero-order valence-corrected chi connectivity index (χ0v) is 34.1. The molecule has 3 heterocycles. The first-order chi connectivity index (χ1) is 31.3. The standard InChI is InChI=1S/C58H37N5/c1-3-18-38(19-4-1)55-59-56(39-20-17-23-42(36-39)63-51-31-14-9-26-45(51)46-27-10-15-32-52(46)63)61-57(60-55)58(49-29-12-7-24-43(49)44-25-8-13-30-50(44)58)40-34-35-54-48(37-40)47-28-11-16-33-53(47)62(54)41-21-5-2-6-22-41/h1-37H. The average Bonchev–Trinajstić information content (AvgIpc) is 3.99. The molecule has 0 radical (unpaired) electrons. The van der Waals surface area contributed by atoms with E-state index in [4.69, 9.17) is 15.0 Å². The molecule has 5 heteroatoms. The Morgan fingerprint density at radius 3 is 1.41 bits per heavy atom. The zero-order chi connectivity index (χ0) is 41.5. The molecule has 13 rings (SSSR count). The third-order valence-corrected chi connectivity index (χ3v) is 13.0. The summed E-state index contributed by atoms with van der Waals surface area (Å²) in [5.74, 6) is 1.92. The lowest BCUT2D eigenvalue weighted by atomic mass is 9.71. The van der Waals surface area contributed by atoms with Crippen LogP contribution in [0.2, 0.25) is 0 Å². The van der Waals surface area contributed by atoms with Crippen molar-refractivity contribution in [2.45, 2.75) is 5.41 Å². The highest BCUT2D eigenvalue weighted by atomic mass is 15.1. The van der Waals surface area contributed by atoms with E-state index in [9.17, 15) is 0 Å². The summed E-state index contributed by atoms with van der Waals surface area (Å²) in [5.41, 5.74) is 13.5. The fraction of sp³-hybridized carbons (Fsp3) is 0.0172. The van der Waals surface area contributed by atoms with Gasteiger partial charge in [-0.05, 0) is 82.4 Å². The zero-order valence-electron chi connectivity index (χ0n) is 34.1. The van der Waals surface area contributed by atoms with Crippen molar-refractivity contribution in [3.63, 3.8) is 0 Å². The molecule has 0 unspecified atom stereocenters. The summed E-state index contributed by atoms with van der Waals surface area (Å²) in [6.07, 6.45) is 0. The molecule has 3 aromatic heterocycles. The van der Waals surface area contributed by atoms with E-state index in [1.807, 2.05) is 18.2 Å². The van der Waals surface area contributed by atoms with E-state index in [-0.39, 0.29) is 0 Å². The molecule has 63 heavy (non-hydrogen) atoms. The molecular weight excluding hydrogens is 767 g/mol. The molecule has 294 valence electrons. The van der Waals surface area contributed by atoms with Gasteiger partial charge in [0.15, 0.2) is 17.5 Å². The number of hydrogen-bond donors (Lipinski definition) is 0. The van der Waals surface area contributed by atoms with Gasteiger partial charge in [-0.15, -0.1) is 0 Å². The second-order valence-electron chi connectivity index (χ2n) is 16.4. The van der Waals surface area contributed by atoms with Crippen LogP contribution in [0, 0.1) is 0 Å². The molecule has 0 aliphatic heterocycles. The van der Waals surface area contributed by atoms with Crippen molar-refractivity contribution in [2.24, 2.45) is 0 Å². The van der Waals surface area contributed by atoms with Crippen LogP contribution in [0.1, 0.15) is 22.5 Å². The van der Waals surface area contributed by atoms with Gasteiger partial charge in [0.05, 0.1) is 22.1 Å². The number of aromatic nitrogens is 5. The Balaban J connectivity index is 1.11. The molecule has 1 aliphatic rings. The Bertz CT molecular complexity index is 3650. The monoisotopic (exact) mass is 803 g/mol. The fourth-order valence-electron chi connectivity index (χ4n) is 10.4.